The van der Waals surface area contributed by atoms with Crippen LogP contribution >= 0.6 is 0 Å². The summed E-state index contributed by atoms with van der Waals surface area (Å²) in [4.78, 5) is 29.3. The van der Waals surface area contributed by atoms with Crippen molar-refractivity contribution >= 4 is 23.2 Å². The number of para-hydroxylation sites is 1. The van der Waals surface area contributed by atoms with Crippen LogP contribution in [0, 0.1) is 0 Å². The summed E-state index contributed by atoms with van der Waals surface area (Å²) >= 11 is 0. The largest absolute Gasteiger partial charge is 0.325 e. The zero-order valence-electron chi connectivity index (χ0n) is 17.1. The molecule has 150 valence electrons. The summed E-state index contributed by atoms with van der Waals surface area (Å²) in [6.45, 7) is 8.92. The van der Waals surface area contributed by atoms with Crippen molar-refractivity contribution in [2.75, 3.05) is 36.4 Å². The Hall–Kier alpha value is -2.66. The minimum absolute atomic E-state index is 0.0538. The van der Waals surface area contributed by atoms with Gasteiger partial charge in [0.15, 0.2) is 0 Å². The Labute approximate surface area is 168 Å². The van der Waals surface area contributed by atoms with Crippen molar-refractivity contribution in [3.63, 3.8) is 0 Å². The van der Waals surface area contributed by atoms with Gasteiger partial charge in [0, 0.05) is 23.5 Å². The fraction of sp³-hybridized carbons (Fsp3) is 0.391. The molecular weight excluding hydrogens is 350 g/mol. The maximum absolute atomic E-state index is 13.0. The molecule has 2 aromatic rings. The molecule has 2 aromatic carbocycles. The molecule has 0 bridgehead atoms. The van der Waals surface area contributed by atoms with Gasteiger partial charge in [-0.3, -0.25) is 14.5 Å². The number of carbonyl (C=O) groups excluding carboxylic acids is 2. The molecule has 5 heteroatoms. The maximum Gasteiger partial charge on any atom is 0.258 e. The lowest BCUT2D eigenvalue weighted by atomic mass is 10.1. The van der Waals surface area contributed by atoms with Gasteiger partial charge in [0.25, 0.3) is 5.91 Å². The molecule has 2 rings (SSSR count). The Morgan fingerprint density at radius 1 is 0.893 bits per heavy atom. The number of nitrogens with one attached hydrogen (secondary N) is 1. The average molecular weight is 382 g/mol. The molecule has 0 saturated heterocycles. The number of amides is 2. The molecule has 2 amide bonds. The topological polar surface area (TPSA) is 52.7 Å². The molecule has 0 aliphatic rings. The number of hydrogen-bond acceptors (Lipinski definition) is 3. The first kappa shape index (κ1) is 21.6. The van der Waals surface area contributed by atoms with E-state index in [2.05, 4.69) is 24.1 Å². The van der Waals surface area contributed by atoms with Gasteiger partial charge in [-0.1, -0.05) is 38.1 Å². The first-order valence-corrected chi connectivity index (χ1v) is 10.1. The first-order valence-electron chi connectivity index (χ1n) is 10.1. The second kappa shape index (κ2) is 11.2. The highest BCUT2D eigenvalue weighted by atomic mass is 16.2. The van der Waals surface area contributed by atoms with Crippen LogP contribution in [0.5, 0.6) is 0 Å². The fourth-order valence-corrected chi connectivity index (χ4v) is 3.24. The van der Waals surface area contributed by atoms with Crippen LogP contribution in [0.2, 0.25) is 0 Å². The number of benzene rings is 2. The third-order valence-corrected chi connectivity index (χ3v) is 4.47. The minimum Gasteiger partial charge on any atom is -0.325 e. The molecule has 1 N–H and O–H groups in total. The Kier molecular flexibility index (Phi) is 8.69. The van der Waals surface area contributed by atoms with E-state index in [1.54, 1.807) is 23.1 Å². The van der Waals surface area contributed by atoms with Gasteiger partial charge in [-0.05, 0) is 63.2 Å². The zero-order valence-corrected chi connectivity index (χ0v) is 17.1. The lowest BCUT2D eigenvalue weighted by Crippen LogP contribution is -2.34. The Morgan fingerprint density at radius 3 is 2.18 bits per heavy atom. The van der Waals surface area contributed by atoms with Crippen LogP contribution in [-0.4, -0.2) is 42.9 Å². The summed E-state index contributed by atoms with van der Waals surface area (Å²) in [5, 5.41) is 2.93. The maximum atomic E-state index is 13.0. The van der Waals surface area contributed by atoms with Crippen molar-refractivity contribution in [2.24, 2.45) is 0 Å². The summed E-state index contributed by atoms with van der Waals surface area (Å²) in [6, 6.07) is 16.7. The molecule has 0 aliphatic carbocycles. The van der Waals surface area contributed by atoms with Crippen LogP contribution in [0.1, 0.15) is 44.0 Å². The first-order chi connectivity index (χ1) is 13.6. The van der Waals surface area contributed by atoms with E-state index in [-0.39, 0.29) is 11.8 Å². The van der Waals surface area contributed by atoms with Crippen LogP contribution in [-0.2, 0) is 4.79 Å². The fourth-order valence-electron chi connectivity index (χ4n) is 3.24. The lowest BCUT2D eigenvalue weighted by molar-refractivity contribution is -0.117. The van der Waals surface area contributed by atoms with E-state index < -0.39 is 0 Å². The van der Waals surface area contributed by atoms with Crippen LogP contribution < -0.4 is 10.2 Å². The quantitative estimate of drug-likeness (QED) is 0.663. The standard InChI is InChI=1S/C23H31N3O2/c1-4-15-25(16-5-2)18-22(27)24-20-12-10-11-19(17-20)23(28)26(6-3)21-13-8-7-9-14-21/h7-14,17H,4-6,15-16,18H2,1-3H3,(H,24,27). The van der Waals surface area contributed by atoms with E-state index >= 15 is 0 Å². The Morgan fingerprint density at radius 2 is 1.57 bits per heavy atom. The third kappa shape index (κ3) is 6.20. The van der Waals surface area contributed by atoms with Gasteiger partial charge in [-0.25, -0.2) is 0 Å². The van der Waals surface area contributed by atoms with Gasteiger partial charge in [-0.15, -0.1) is 0 Å². The average Bonchev–Trinajstić information content (AvgIpc) is 2.70. The molecule has 0 atom stereocenters. The normalized spacial score (nSPS) is 10.7. The summed E-state index contributed by atoms with van der Waals surface area (Å²) < 4.78 is 0. The molecule has 0 heterocycles. The third-order valence-electron chi connectivity index (χ3n) is 4.47. The van der Waals surface area contributed by atoms with Gasteiger partial charge in [-0.2, -0.15) is 0 Å². The summed E-state index contributed by atoms with van der Waals surface area (Å²) in [5.74, 6) is -0.134. The van der Waals surface area contributed by atoms with Crippen LogP contribution in [0.25, 0.3) is 0 Å². The molecule has 0 radical (unpaired) electrons. The molecule has 0 unspecified atom stereocenters. The number of carbonyl (C=O) groups is 2. The molecule has 0 aliphatic heterocycles. The SMILES string of the molecule is CCCN(CCC)CC(=O)Nc1cccc(C(=O)N(CC)c2ccccc2)c1. The van der Waals surface area contributed by atoms with E-state index in [9.17, 15) is 9.59 Å². The van der Waals surface area contributed by atoms with Crippen molar-refractivity contribution in [3.05, 3.63) is 60.2 Å². The van der Waals surface area contributed by atoms with Crippen molar-refractivity contribution in [3.8, 4) is 0 Å². The Bertz CT molecular complexity index is 755. The molecule has 0 spiro atoms. The number of hydrogen-bond donors (Lipinski definition) is 1. The summed E-state index contributed by atoms with van der Waals surface area (Å²) in [5.41, 5.74) is 2.06. The van der Waals surface area contributed by atoms with Crippen molar-refractivity contribution in [2.45, 2.75) is 33.6 Å². The molecule has 5 nitrogen and oxygen atoms in total. The van der Waals surface area contributed by atoms with E-state index in [0.717, 1.165) is 31.6 Å². The van der Waals surface area contributed by atoms with Gasteiger partial charge < -0.3 is 10.2 Å². The van der Waals surface area contributed by atoms with Gasteiger partial charge in [0.1, 0.15) is 0 Å². The summed E-state index contributed by atoms with van der Waals surface area (Å²) in [6.07, 6.45) is 2.03. The van der Waals surface area contributed by atoms with Crippen molar-refractivity contribution < 1.29 is 9.59 Å². The summed E-state index contributed by atoms with van der Waals surface area (Å²) in [7, 11) is 0. The molecule has 28 heavy (non-hydrogen) atoms. The van der Waals surface area contributed by atoms with Crippen LogP contribution in [0.4, 0.5) is 11.4 Å². The lowest BCUT2D eigenvalue weighted by Gasteiger charge is -2.22. The van der Waals surface area contributed by atoms with Gasteiger partial charge in [0.2, 0.25) is 5.91 Å². The molecular formula is C23H31N3O2. The second-order valence-electron chi connectivity index (χ2n) is 6.79. The molecule has 0 fully saturated rings. The van der Waals surface area contributed by atoms with Crippen molar-refractivity contribution in [1.82, 2.24) is 4.90 Å². The Balaban J connectivity index is 2.08. The minimum atomic E-state index is -0.0802. The number of rotatable bonds is 10. The zero-order chi connectivity index (χ0) is 20.4. The monoisotopic (exact) mass is 381 g/mol. The van der Waals surface area contributed by atoms with E-state index in [1.807, 2.05) is 43.3 Å². The number of anilines is 2. The van der Waals surface area contributed by atoms with Crippen molar-refractivity contribution in [1.29, 1.82) is 0 Å². The highest BCUT2D eigenvalue weighted by molar-refractivity contribution is 6.07. The van der Waals surface area contributed by atoms with Crippen LogP contribution in [0.15, 0.2) is 54.6 Å². The van der Waals surface area contributed by atoms with E-state index in [0.29, 0.717) is 24.3 Å². The highest BCUT2D eigenvalue weighted by Gasteiger charge is 2.17. The van der Waals surface area contributed by atoms with E-state index in [4.69, 9.17) is 0 Å². The second-order valence-corrected chi connectivity index (χ2v) is 6.79. The smallest absolute Gasteiger partial charge is 0.258 e. The van der Waals surface area contributed by atoms with Gasteiger partial charge >= 0.3 is 0 Å². The number of nitrogens with zero attached hydrogens (tertiary/aromatic N) is 2. The predicted molar refractivity (Wildman–Crippen MR) is 116 cm³/mol. The predicted octanol–water partition coefficient (Wildman–Crippen LogP) is 4.41. The molecule has 0 aromatic heterocycles. The van der Waals surface area contributed by atoms with E-state index in [1.165, 1.54) is 0 Å². The van der Waals surface area contributed by atoms with Gasteiger partial charge in [0.05, 0.1) is 6.54 Å². The highest BCUT2D eigenvalue weighted by Crippen LogP contribution is 2.18. The van der Waals surface area contributed by atoms with Crippen LogP contribution in [0.3, 0.4) is 0 Å². The molecule has 0 saturated carbocycles.